The second-order valence-corrected chi connectivity index (χ2v) is 6.92. The van der Waals surface area contributed by atoms with E-state index in [-0.39, 0.29) is 5.91 Å². The Morgan fingerprint density at radius 3 is 2.77 bits per heavy atom. The lowest BCUT2D eigenvalue weighted by Gasteiger charge is -2.32. The summed E-state index contributed by atoms with van der Waals surface area (Å²) in [5, 5.41) is 8.13. The molecule has 2 fully saturated rings. The van der Waals surface area contributed by atoms with Crippen molar-refractivity contribution in [2.75, 3.05) is 39.8 Å². The SMILES string of the molecule is CN1CCN(C(=O)c2nn(CC3CC3)c3c2CNCC3)CC1. The van der Waals surface area contributed by atoms with Crippen LogP contribution in [0.2, 0.25) is 0 Å². The molecule has 1 N–H and O–H groups in total. The molecular formula is C16H25N5O. The molecular weight excluding hydrogens is 278 g/mol. The smallest absolute Gasteiger partial charge is 0.274 e. The molecule has 1 saturated heterocycles. The lowest BCUT2D eigenvalue weighted by atomic mass is 10.1. The number of fused-ring (bicyclic) bond motifs is 1. The zero-order chi connectivity index (χ0) is 15.1. The maximum absolute atomic E-state index is 12.9. The van der Waals surface area contributed by atoms with E-state index in [2.05, 4.69) is 21.9 Å². The number of piperazine rings is 1. The topological polar surface area (TPSA) is 53.4 Å². The first-order valence-corrected chi connectivity index (χ1v) is 8.49. The molecule has 22 heavy (non-hydrogen) atoms. The molecule has 1 amide bonds. The molecule has 6 nitrogen and oxygen atoms in total. The number of amides is 1. The van der Waals surface area contributed by atoms with E-state index < -0.39 is 0 Å². The van der Waals surface area contributed by atoms with Gasteiger partial charge in [0.2, 0.25) is 0 Å². The van der Waals surface area contributed by atoms with Gasteiger partial charge in [0.1, 0.15) is 0 Å². The average Bonchev–Trinajstić information content (AvgIpc) is 3.28. The third kappa shape index (κ3) is 2.65. The fourth-order valence-electron chi connectivity index (χ4n) is 3.45. The first kappa shape index (κ1) is 14.2. The Morgan fingerprint density at radius 1 is 1.27 bits per heavy atom. The van der Waals surface area contributed by atoms with Crippen molar-refractivity contribution in [3.63, 3.8) is 0 Å². The normalized spacial score (nSPS) is 22.7. The largest absolute Gasteiger partial charge is 0.335 e. The number of carbonyl (C=O) groups is 1. The molecule has 1 aromatic rings. The number of likely N-dealkylation sites (N-methyl/N-ethyl adjacent to an activating group) is 1. The molecule has 1 saturated carbocycles. The summed E-state index contributed by atoms with van der Waals surface area (Å²) < 4.78 is 2.14. The van der Waals surface area contributed by atoms with Gasteiger partial charge in [-0.25, -0.2) is 0 Å². The van der Waals surface area contributed by atoms with Crippen molar-refractivity contribution in [3.8, 4) is 0 Å². The monoisotopic (exact) mass is 303 g/mol. The van der Waals surface area contributed by atoms with E-state index in [4.69, 9.17) is 5.10 Å². The van der Waals surface area contributed by atoms with Crippen LogP contribution in [0, 0.1) is 5.92 Å². The molecule has 4 rings (SSSR count). The van der Waals surface area contributed by atoms with Gasteiger partial charge in [-0.2, -0.15) is 5.10 Å². The Hall–Kier alpha value is -1.40. The molecule has 0 spiro atoms. The number of aromatic nitrogens is 2. The molecule has 0 atom stereocenters. The van der Waals surface area contributed by atoms with Gasteiger partial charge in [0, 0.05) is 63.5 Å². The summed E-state index contributed by atoms with van der Waals surface area (Å²) in [7, 11) is 2.11. The quantitative estimate of drug-likeness (QED) is 0.874. The van der Waals surface area contributed by atoms with E-state index >= 15 is 0 Å². The highest BCUT2D eigenvalue weighted by Crippen LogP contribution is 2.32. The highest BCUT2D eigenvalue weighted by Gasteiger charge is 2.31. The van der Waals surface area contributed by atoms with Gasteiger partial charge in [-0.05, 0) is 25.8 Å². The highest BCUT2D eigenvalue weighted by molar-refractivity contribution is 5.94. The van der Waals surface area contributed by atoms with Crippen LogP contribution >= 0.6 is 0 Å². The van der Waals surface area contributed by atoms with Gasteiger partial charge in [0.05, 0.1) is 0 Å². The van der Waals surface area contributed by atoms with E-state index in [1.165, 1.54) is 18.5 Å². The van der Waals surface area contributed by atoms with Crippen LogP contribution in [0.5, 0.6) is 0 Å². The summed E-state index contributed by atoms with van der Waals surface area (Å²) in [6, 6.07) is 0. The zero-order valence-electron chi connectivity index (χ0n) is 13.3. The molecule has 0 bridgehead atoms. The number of carbonyl (C=O) groups excluding carboxylic acids is 1. The van der Waals surface area contributed by atoms with Gasteiger partial charge in [-0.1, -0.05) is 0 Å². The second kappa shape index (κ2) is 5.66. The van der Waals surface area contributed by atoms with E-state index in [1.54, 1.807) is 0 Å². The van der Waals surface area contributed by atoms with Gasteiger partial charge >= 0.3 is 0 Å². The Kier molecular flexibility index (Phi) is 3.66. The summed E-state index contributed by atoms with van der Waals surface area (Å²) in [6.45, 7) is 6.31. The summed E-state index contributed by atoms with van der Waals surface area (Å²) in [6.07, 6.45) is 3.62. The van der Waals surface area contributed by atoms with Gasteiger partial charge in [0.25, 0.3) is 5.91 Å². The first-order chi connectivity index (χ1) is 10.7. The Morgan fingerprint density at radius 2 is 2.05 bits per heavy atom. The number of rotatable bonds is 3. The lowest BCUT2D eigenvalue weighted by Crippen LogP contribution is -2.47. The Labute approximate surface area is 131 Å². The van der Waals surface area contributed by atoms with Gasteiger partial charge in [0.15, 0.2) is 5.69 Å². The van der Waals surface area contributed by atoms with Crippen molar-refractivity contribution < 1.29 is 4.79 Å². The lowest BCUT2D eigenvalue weighted by molar-refractivity contribution is 0.0656. The van der Waals surface area contributed by atoms with Crippen molar-refractivity contribution >= 4 is 5.91 Å². The van der Waals surface area contributed by atoms with Crippen molar-refractivity contribution in [1.82, 2.24) is 24.9 Å². The number of nitrogens with one attached hydrogen (secondary N) is 1. The molecule has 120 valence electrons. The number of hydrogen-bond donors (Lipinski definition) is 1. The summed E-state index contributed by atoms with van der Waals surface area (Å²) >= 11 is 0. The maximum Gasteiger partial charge on any atom is 0.274 e. The average molecular weight is 303 g/mol. The van der Waals surface area contributed by atoms with Crippen LogP contribution in [0.4, 0.5) is 0 Å². The molecule has 0 aromatic carbocycles. The maximum atomic E-state index is 12.9. The van der Waals surface area contributed by atoms with Crippen LogP contribution in [-0.2, 0) is 19.5 Å². The predicted molar refractivity (Wildman–Crippen MR) is 83.8 cm³/mol. The third-order valence-corrected chi connectivity index (χ3v) is 5.13. The third-order valence-electron chi connectivity index (χ3n) is 5.13. The first-order valence-electron chi connectivity index (χ1n) is 8.49. The van der Waals surface area contributed by atoms with E-state index in [0.717, 1.165) is 63.7 Å². The fourth-order valence-corrected chi connectivity index (χ4v) is 3.45. The highest BCUT2D eigenvalue weighted by atomic mass is 16.2. The molecule has 3 heterocycles. The molecule has 0 unspecified atom stereocenters. The standard InChI is InChI=1S/C16H25N5O/c1-19-6-8-20(9-7-19)16(22)15-13-10-17-5-4-14(13)21(18-15)11-12-2-3-12/h12,17H,2-11H2,1H3. The number of hydrogen-bond acceptors (Lipinski definition) is 4. The molecule has 0 radical (unpaired) electrons. The van der Waals surface area contributed by atoms with Gasteiger partial charge < -0.3 is 15.1 Å². The van der Waals surface area contributed by atoms with Crippen molar-refractivity contribution in [3.05, 3.63) is 17.0 Å². The summed E-state index contributed by atoms with van der Waals surface area (Å²) in [5.74, 6) is 0.910. The van der Waals surface area contributed by atoms with E-state index in [9.17, 15) is 4.79 Å². The minimum absolute atomic E-state index is 0.127. The second-order valence-electron chi connectivity index (χ2n) is 6.92. The molecule has 2 aliphatic heterocycles. The van der Waals surface area contributed by atoms with Crippen LogP contribution < -0.4 is 5.32 Å². The van der Waals surface area contributed by atoms with Gasteiger partial charge in [-0.15, -0.1) is 0 Å². The van der Waals surface area contributed by atoms with E-state index in [1.807, 2.05) is 4.90 Å². The van der Waals surface area contributed by atoms with E-state index in [0.29, 0.717) is 5.69 Å². The van der Waals surface area contributed by atoms with Crippen LogP contribution in [0.25, 0.3) is 0 Å². The molecule has 1 aromatic heterocycles. The van der Waals surface area contributed by atoms with Crippen LogP contribution in [-0.4, -0.2) is 65.3 Å². The van der Waals surface area contributed by atoms with Crippen LogP contribution in [0.1, 0.15) is 34.6 Å². The van der Waals surface area contributed by atoms with Crippen LogP contribution in [0.3, 0.4) is 0 Å². The summed E-state index contributed by atoms with van der Waals surface area (Å²) in [5.41, 5.74) is 3.14. The minimum atomic E-state index is 0.127. The zero-order valence-corrected chi connectivity index (χ0v) is 13.3. The van der Waals surface area contributed by atoms with Crippen molar-refractivity contribution in [1.29, 1.82) is 0 Å². The van der Waals surface area contributed by atoms with Gasteiger partial charge in [-0.3, -0.25) is 9.48 Å². The summed E-state index contributed by atoms with van der Waals surface area (Å²) in [4.78, 5) is 17.1. The molecule has 1 aliphatic carbocycles. The van der Waals surface area contributed by atoms with Crippen molar-refractivity contribution in [2.24, 2.45) is 5.92 Å². The molecule has 6 heteroatoms. The number of nitrogens with zero attached hydrogens (tertiary/aromatic N) is 4. The fraction of sp³-hybridized carbons (Fsp3) is 0.750. The predicted octanol–water partition coefficient (Wildman–Crippen LogP) is 0.326. The van der Waals surface area contributed by atoms with Crippen LogP contribution in [0.15, 0.2) is 0 Å². The Bertz CT molecular complexity index is 569. The Balaban J connectivity index is 1.59. The van der Waals surface area contributed by atoms with Crippen molar-refractivity contribution in [2.45, 2.75) is 32.4 Å². The molecule has 3 aliphatic rings. The minimum Gasteiger partial charge on any atom is -0.335 e.